The summed E-state index contributed by atoms with van der Waals surface area (Å²) < 4.78 is 11.7. The average Bonchev–Trinajstić information content (AvgIpc) is 3.56. The molecule has 1 unspecified atom stereocenters. The fourth-order valence-electron chi connectivity index (χ4n) is 7.26. The van der Waals surface area contributed by atoms with Crippen LogP contribution in [-0.2, 0) is 33.4 Å². The first-order chi connectivity index (χ1) is 23.2. The molecule has 4 amide bonds. The Kier molecular flexibility index (Phi) is 18.3. The molecule has 0 spiro atoms. The molecule has 2 saturated heterocycles. The van der Waals surface area contributed by atoms with Crippen LogP contribution in [0, 0.1) is 17.8 Å². The molecule has 2 fully saturated rings. The number of carboxylic acid groups (broad SMARTS) is 1. The van der Waals surface area contributed by atoms with Crippen LogP contribution in [0.3, 0.4) is 0 Å². The Balaban J connectivity index is 2.15. The van der Waals surface area contributed by atoms with Gasteiger partial charge in [-0.15, -0.1) is 0 Å². The van der Waals surface area contributed by atoms with Gasteiger partial charge in [-0.25, -0.2) is 4.79 Å². The van der Waals surface area contributed by atoms with Gasteiger partial charge >= 0.3 is 5.97 Å². The molecular weight excluding hydrogens is 652 g/mol. The number of rotatable bonds is 20. The van der Waals surface area contributed by atoms with Crippen molar-refractivity contribution in [1.29, 1.82) is 0 Å². The summed E-state index contributed by atoms with van der Waals surface area (Å²) in [5.74, 6) is -2.59. The SMILES string of the molecule is CC[C@H](C)[C@@H](C(CC(=O)N1CCC[C@H]1[C@H](OC)[C@@H](C)C(=O)N[C@@H](CCS)C(=O)O)OC)N(C)C(=O)CNC(=O)[C@H](C(C)C)N1CCNCC1. The lowest BCUT2D eigenvalue weighted by atomic mass is 9.90. The van der Waals surface area contributed by atoms with E-state index in [-0.39, 0.29) is 55.0 Å². The lowest BCUT2D eigenvalue weighted by Gasteiger charge is -2.39. The van der Waals surface area contributed by atoms with Crippen LogP contribution in [0.15, 0.2) is 0 Å². The smallest absolute Gasteiger partial charge is 0.326 e. The van der Waals surface area contributed by atoms with Crippen LogP contribution in [0.5, 0.6) is 0 Å². The van der Waals surface area contributed by atoms with Crippen molar-refractivity contribution in [1.82, 2.24) is 30.7 Å². The topological polar surface area (TPSA) is 170 Å². The first-order valence-corrected chi connectivity index (χ1v) is 18.3. The largest absolute Gasteiger partial charge is 0.480 e. The van der Waals surface area contributed by atoms with Crippen LogP contribution in [0.1, 0.15) is 66.7 Å². The number of thiol groups is 1. The van der Waals surface area contributed by atoms with E-state index < -0.39 is 48.1 Å². The summed E-state index contributed by atoms with van der Waals surface area (Å²) in [6.07, 6.45) is 0.968. The number of carbonyl (C=O) groups is 5. The number of hydrogen-bond acceptors (Lipinski definition) is 10. The highest BCUT2D eigenvalue weighted by Crippen LogP contribution is 2.29. The minimum absolute atomic E-state index is 0.00441. The van der Waals surface area contributed by atoms with E-state index >= 15 is 0 Å². The molecule has 14 nitrogen and oxygen atoms in total. The number of carbonyl (C=O) groups excluding carboxylic acids is 4. The van der Waals surface area contributed by atoms with Crippen molar-refractivity contribution in [3.8, 4) is 0 Å². The number of methoxy groups -OCH3 is 2. The fraction of sp³-hybridized carbons (Fsp3) is 0.853. The number of nitrogens with zero attached hydrogens (tertiary/aromatic N) is 3. The summed E-state index contributed by atoms with van der Waals surface area (Å²) in [5, 5.41) is 18.3. The molecule has 2 rings (SSSR count). The quantitative estimate of drug-likeness (QED) is 0.114. The Hall–Kier alpha value is -2.46. The van der Waals surface area contributed by atoms with Crippen molar-refractivity contribution >= 4 is 42.2 Å². The van der Waals surface area contributed by atoms with Crippen molar-refractivity contribution in [2.24, 2.45) is 17.8 Å². The normalized spacial score (nSPS) is 21.3. The summed E-state index contributed by atoms with van der Waals surface area (Å²) >= 11 is 4.10. The van der Waals surface area contributed by atoms with Gasteiger partial charge < -0.3 is 40.3 Å². The molecule has 0 aromatic rings. The van der Waals surface area contributed by atoms with E-state index in [1.807, 2.05) is 27.7 Å². The molecule has 2 heterocycles. The molecular formula is C34H62N6O8S. The standard InChI is InChI=1S/C34H62N6O8S/c1-9-22(4)30(38(6)28(42)20-36-33(44)29(21(2)3)39-16-13-35-14-17-39)26(47-7)19-27(41)40-15-10-11-25(40)31(48-8)23(5)32(43)37-24(12-18-49)34(45)46/h21-26,29-31,35,49H,9-20H2,1-8H3,(H,36,44)(H,37,43)(H,45,46)/t22-,23+,24-,25-,26?,29-,30-,31+/m0/s1. The molecule has 282 valence electrons. The zero-order valence-corrected chi connectivity index (χ0v) is 31.7. The average molecular weight is 715 g/mol. The molecule has 0 aromatic carbocycles. The third kappa shape index (κ3) is 11.8. The molecule has 2 aliphatic rings. The van der Waals surface area contributed by atoms with Gasteiger partial charge in [0, 0.05) is 54.0 Å². The second-order valence-electron chi connectivity index (χ2n) is 13.7. The van der Waals surface area contributed by atoms with Gasteiger partial charge in [-0.3, -0.25) is 24.1 Å². The fourth-order valence-corrected chi connectivity index (χ4v) is 7.52. The molecule has 4 N–H and O–H groups in total. The zero-order chi connectivity index (χ0) is 36.8. The van der Waals surface area contributed by atoms with Crippen molar-refractivity contribution in [3.05, 3.63) is 0 Å². The van der Waals surface area contributed by atoms with Crippen molar-refractivity contribution in [2.45, 2.75) is 103 Å². The Morgan fingerprint density at radius 2 is 1.67 bits per heavy atom. The van der Waals surface area contributed by atoms with E-state index in [2.05, 4.69) is 33.5 Å². The van der Waals surface area contributed by atoms with Crippen LogP contribution in [0.2, 0.25) is 0 Å². The first-order valence-electron chi connectivity index (χ1n) is 17.7. The maximum Gasteiger partial charge on any atom is 0.326 e. The lowest BCUT2D eigenvalue weighted by Crippen LogP contribution is -2.57. The van der Waals surface area contributed by atoms with E-state index in [0.717, 1.165) is 39.0 Å². The van der Waals surface area contributed by atoms with Gasteiger partial charge in [-0.05, 0) is 36.9 Å². The minimum Gasteiger partial charge on any atom is -0.480 e. The predicted octanol–water partition coefficient (Wildman–Crippen LogP) is 0.842. The molecule has 8 atom stereocenters. The highest BCUT2D eigenvalue weighted by molar-refractivity contribution is 7.80. The number of likely N-dealkylation sites (N-methyl/N-ethyl adjacent to an activating group) is 1. The molecule has 0 saturated carbocycles. The van der Waals surface area contributed by atoms with Gasteiger partial charge in [0.1, 0.15) is 6.04 Å². The van der Waals surface area contributed by atoms with Gasteiger partial charge in [-0.2, -0.15) is 12.6 Å². The molecule has 49 heavy (non-hydrogen) atoms. The van der Waals surface area contributed by atoms with E-state index in [1.54, 1.807) is 23.8 Å². The maximum atomic E-state index is 13.9. The highest BCUT2D eigenvalue weighted by atomic mass is 32.1. The van der Waals surface area contributed by atoms with Crippen LogP contribution in [-0.4, -0.2) is 152 Å². The van der Waals surface area contributed by atoms with Crippen LogP contribution < -0.4 is 16.0 Å². The zero-order valence-electron chi connectivity index (χ0n) is 30.8. The van der Waals surface area contributed by atoms with Crippen molar-refractivity contribution < 1.29 is 38.6 Å². The van der Waals surface area contributed by atoms with Gasteiger partial charge in [-0.1, -0.05) is 41.0 Å². The highest BCUT2D eigenvalue weighted by Gasteiger charge is 2.42. The monoisotopic (exact) mass is 714 g/mol. The third-order valence-electron chi connectivity index (χ3n) is 10.2. The summed E-state index contributed by atoms with van der Waals surface area (Å²) in [5.41, 5.74) is 0. The van der Waals surface area contributed by atoms with Crippen LogP contribution in [0.4, 0.5) is 0 Å². The Bertz CT molecular complexity index is 1090. The third-order valence-corrected chi connectivity index (χ3v) is 10.5. The summed E-state index contributed by atoms with van der Waals surface area (Å²) in [6, 6.07) is -2.24. The number of piperazine rings is 1. The molecule has 15 heteroatoms. The number of amides is 4. The number of likely N-dealkylation sites (tertiary alicyclic amines) is 1. The second-order valence-corrected chi connectivity index (χ2v) is 14.2. The van der Waals surface area contributed by atoms with E-state index in [9.17, 15) is 29.1 Å². The molecule has 0 bridgehead atoms. The van der Waals surface area contributed by atoms with E-state index in [4.69, 9.17) is 9.47 Å². The molecule has 2 aliphatic heterocycles. The number of carboxylic acids is 1. The van der Waals surface area contributed by atoms with E-state index in [0.29, 0.717) is 18.7 Å². The number of ether oxygens (including phenoxy) is 2. The van der Waals surface area contributed by atoms with Gasteiger partial charge in [0.25, 0.3) is 0 Å². The number of hydrogen-bond donors (Lipinski definition) is 5. The van der Waals surface area contributed by atoms with Crippen LogP contribution in [0.25, 0.3) is 0 Å². The minimum atomic E-state index is -1.14. The Morgan fingerprint density at radius 1 is 1.02 bits per heavy atom. The second kappa shape index (κ2) is 21.0. The van der Waals surface area contributed by atoms with E-state index in [1.165, 1.54) is 14.2 Å². The van der Waals surface area contributed by atoms with Crippen molar-refractivity contribution in [2.75, 3.05) is 66.3 Å². The van der Waals surface area contributed by atoms with Crippen LogP contribution >= 0.6 is 12.6 Å². The predicted molar refractivity (Wildman–Crippen MR) is 190 cm³/mol. The lowest BCUT2D eigenvalue weighted by molar-refractivity contribution is -0.147. The number of nitrogens with one attached hydrogen (secondary N) is 3. The Labute approximate surface area is 298 Å². The first kappa shape index (κ1) is 42.7. The molecule has 0 aliphatic carbocycles. The Morgan fingerprint density at radius 3 is 2.20 bits per heavy atom. The number of aliphatic carboxylic acids is 1. The summed E-state index contributed by atoms with van der Waals surface area (Å²) in [7, 11) is 4.71. The van der Waals surface area contributed by atoms with Gasteiger partial charge in [0.2, 0.25) is 23.6 Å². The van der Waals surface area contributed by atoms with Gasteiger partial charge in [0.15, 0.2) is 0 Å². The van der Waals surface area contributed by atoms with Gasteiger partial charge in [0.05, 0.1) is 49.2 Å². The maximum absolute atomic E-state index is 13.9. The summed E-state index contributed by atoms with van der Waals surface area (Å²) in [6.45, 7) is 13.2. The van der Waals surface area contributed by atoms with Crippen molar-refractivity contribution in [3.63, 3.8) is 0 Å². The molecule has 0 radical (unpaired) electrons. The molecule has 0 aromatic heterocycles. The summed E-state index contributed by atoms with van der Waals surface area (Å²) in [4.78, 5) is 71.0.